The Balaban J connectivity index is 1.90. The number of nitrogens with zero attached hydrogens (tertiary/aromatic N) is 5. The van der Waals surface area contributed by atoms with Gasteiger partial charge in [0.05, 0.1) is 32.3 Å². The number of carbonyl (C=O) groups is 1. The maximum Gasteiger partial charge on any atom is 0.280 e. The molecule has 2 aromatic rings. The Morgan fingerprint density at radius 3 is 2.55 bits per heavy atom. The summed E-state index contributed by atoms with van der Waals surface area (Å²) in [4.78, 5) is 39.8. The lowest BCUT2D eigenvalue weighted by atomic mass is 10.0. The van der Waals surface area contributed by atoms with E-state index in [-0.39, 0.29) is 66.7 Å². The molecule has 234 valence electrons. The Morgan fingerprint density at radius 1 is 1.21 bits per heavy atom. The van der Waals surface area contributed by atoms with E-state index in [9.17, 15) is 9.59 Å². The zero-order valence-electron chi connectivity index (χ0n) is 25.7. The Morgan fingerprint density at radius 2 is 1.93 bits per heavy atom. The van der Waals surface area contributed by atoms with Gasteiger partial charge in [-0.05, 0) is 27.7 Å². The summed E-state index contributed by atoms with van der Waals surface area (Å²) in [5.41, 5.74) is -0.108. The first kappa shape index (κ1) is 34.0. The van der Waals surface area contributed by atoms with Gasteiger partial charge in [0, 0.05) is 31.0 Å². The number of anilines is 1. The number of aromatic nitrogens is 4. The van der Waals surface area contributed by atoms with E-state index in [1.54, 1.807) is 25.5 Å². The second-order valence-corrected chi connectivity index (χ2v) is 12.4. The molecule has 3 heterocycles. The number of rotatable bonds is 16. The van der Waals surface area contributed by atoms with Gasteiger partial charge in [0.2, 0.25) is 18.4 Å². The summed E-state index contributed by atoms with van der Waals surface area (Å²) in [5.74, 6) is -0.676. The fourth-order valence-corrected chi connectivity index (χ4v) is 6.25. The van der Waals surface area contributed by atoms with Crippen LogP contribution in [0.5, 0.6) is 0 Å². The van der Waals surface area contributed by atoms with Crippen molar-refractivity contribution >= 4 is 31.5 Å². The number of H-pyrrole nitrogens is 1. The first-order chi connectivity index (χ1) is 20.0. The van der Waals surface area contributed by atoms with Gasteiger partial charge in [-0.25, -0.2) is 16.2 Å². The van der Waals surface area contributed by atoms with Crippen LogP contribution in [0.3, 0.4) is 0 Å². The minimum absolute atomic E-state index is 0.0281. The molecule has 0 aliphatic carbocycles. The first-order valence-corrected chi connectivity index (χ1v) is 15.3. The van der Waals surface area contributed by atoms with Crippen molar-refractivity contribution < 1.29 is 28.1 Å². The minimum atomic E-state index is -1.46. The van der Waals surface area contributed by atoms with E-state index in [2.05, 4.69) is 57.5 Å². The molecule has 0 bridgehead atoms. The molecule has 0 spiro atoms. The van der Waals surface area contributed by atoms with Gasteiger partial charge in [0.25, 0.3) is 14.1 Å². The molecule has 5 atom stereocenters. The molecule has 1 aliphatic rings. The van der Waals surface area contributed by atoms with Crippen molar-refractivity contribution in [2.45, 2.75) is 79.0 Å². The summed E-state index contributed by atoms with van der Waals surface area (Å²) in [6, 6.07) is 0.325. The number of imidazole rings is 1. The Kier molecular flexibility index (Phi) is 12.8. The predicted octanol–water partition coefficient (Wildman–Crippen LogP) is 3.58. The van der Waals surface area contributed by atoms with Gasteiger partial charge >= 0.3 is 0 Å². The Labute approximate surface area is 248 Å². The predicted molar refractivity (Wildman–Crippen MR) is 159 cm³/mol. The highest BCUT2D eigenvalue weighted by Crippen LogP contribution is 2.47. The zero-order valence-corrected chi connectivity index (χ0v) is 26.6. The summed E-state index contributed by atoms with van der Waals surface area (Å²) in [6.45, 7) is 22.4. The molecule has 0 aromatic carbocycles. The summed E-state index contributed by atoms with van der Waals surface area (Å²) in [7, 11) is 0.145. The van der Waals surface area contributed by atoms with Crippen LogP contribution >= 0.6 is 8.53 Å². The molecule has 1 amide bonds. The zero-order chi connectivity index (χ0) is 31.0. The Bertz CT molecular complexity index is 1250. The molecule has 3 rings (SSSR count). The quantitative estimate of drug-likeness (QED) is 0.164. The number of methoxy groups -OCH3 is 1. The third-order valence-electron chi connectivity index (χ3n) is 6.77. The molecule has 14 nitrogen and oxygen atoms in total. The number of amides is 1. The van der Waals surface area contributed by atoms with Crippen molar-refractivity contribution in [2.24, 2.45) is 11.8 Å². The van der Waals surface area contributed by atoms with Crippen LogP contribution in [0.1, 0.15) is 54.7 Å². The van der Waals surface area contributed by atoms with Crippen molar-refractivity contribution in [2.75, 3.05) is 45.4 Å². The average molecular weight is 610 g/mol. The second-order valence-electron chi connectivity index (χ2n) is 11.0. The van der Waals surface area contributed by atoms with Crippen LogP contribution in [0.4, 0.5) is 5.95 Å². The van der Waals surface area contributed by atoms with E-state index in [1.165, 1.54) is 6.33 Å². The van der Waals surface area contributed by atoms with Gasteiger partial charge in [-0.15, -0.1) is 0 Å². The van der Waals surface area contributed by atoms with E-state index in [0.29, 0.717) is 13.2 Å². The minimum Gasteiger partial charge on any atom is -0.382 e. The number of carbonyl (C=O) groups excluding carboxylic acids is 1. The third-order valence-corrected chi connectivity index (χ3v) is 8.85. The van der Waals surface area contributed by atoms with Gasteiger partial charge < -0.3 is 28.1 Å². The first-order valence-electron chi connectivity index (χ1n) is 14.2. The standard InChI is InChI=1S/C27H44N7O7P/c1-16(2)24(35)31-27-30-23-21(25(36)32-27)29-15-33(23)26-22(38-13-12-37-9)19(7)20(41-26)14-40-42(39-11-10-28-8)34(17(3)4)18(5)6/h15-20,22,26H,10-14H2,1-7,9H3,(H2,30,31,32,35,36)/t19-,20-,22-,26-,42?/m1/s1. The number of hydrogen-bond acceptors (Lipinski definition) is 10. The molecule has 1 fully saturated rings. The molecule has 1 aliphatic heterocycles. The van der Waals surface area contributed by atoms with Crippen molar-refractivity contribution in [3.05, 3.63) is 28.1 Å². The highest BCUT2D eigenvalue weighted by atomic mass is 31.2. The fourth-order valence-electron chi connectivity index (χ4n) is 4.65. The number of hydrogen-bond donors (Lipinski definition) is 2. The van der Waals surface area contributed by atoms with E-state index < -0.39 is 32.5 Å². The molecule has 2 N–H and O–H groups in total. The van der Waals surface area contributed by atoms with Gasteiger partial charge in [-0.2, -0.15) is 4.98 Å². The molecule has 1 saturated heterocycles. The van der Waals surface area contributed by atoms with Gasteiger partial charge in [-0.1, -0.05) is 20.8 Å². The maximum absolute atomic E-state index is 12.8. The summed E-state index contributed by atoms with van der Waals surface area (Å²) >= 11 is 0. The van der Waals surface area contributed by atoms with E-state index in [0.717, 1.165) is 0 Å². The average Bonchev–Trinajstić information content (AvgIpc) is 3.48. The number of fused-ring (bicyclic) bond motifs is 1. The molecule has 0 radical (unpaired) electrons. The number of nitrogens with one attached hydrogen (secondary N) is 2. The lowest BCUT2D eigenvalue weighted by Crippen LogP contribution is -2.35. The van der Waals surface area contributed by atoms with Crippen LogP contribution in [0, 0.1) is 18.4 Å². The van der Waals surface area contributed by atoms with Crippen LogP contribution in [-0.4, -0.2) is 94.5 Å². The van der Waals surface area contributed by atoms with Crippen molar-refractivity contribution in [3.63, 3.8) is 0 Å². The van der Waals surface area contributed by atoms with E-state index in [1.807, 2.05) is 6.92 Å². The van der Waals surface area contributed by atoms with Gasteiger partial charge in [0.15, 0.2) is 17.4 Å². The van der Waals surface area contributed by atoms with Crippen LogP contribution < -0.4 is 10.9 Å². The van der Waals surface area contributed by atoms with Crippen LogP contribution in [-0.2, 0) is 28.1 Å². The van der Waals surface area contributed by atoms with Crippen LogP contribution in [0.2, 0.25) is 0 Å². The molecule has 15 heteroatoms. The monoisotopic (exact) mass is 609 g/mol. The summed E-state index contributed by atoms with van der Waals surface area (Å²) in [6.07, 6.45) is -0.0216. The number of ether oxygens (including phenoxy) is 3. The third kappa shape index (κ3) is 8.32. The smallest absolute Gasteiger partial charge is 0.280 e. The lowest BCUT2D eigenvalue weighted by molar-refractivity contribution is -0.118. The van der Waals surface area contributed by atoms with E-state index >= 15 is 0 Å². The molecule has 2 aromatic heterocycles. The SMILES string of the molecule is [C-]#[N+]CCOP(OC[C@H]1O[C@@H](n2cnc3c(=O)[nH]c(NC(=O)C(C)C)nc32)[C@H](OCCOC)[C@@H]1C)N(C(C)C)C(C)C. The largest absolute Gasteiger partial charge is 0.382 e. The van der Waals surface area contributed by atoms with Gasteiger partial charge in [0.1, 0.15) is 12.7 Å². The molecular weight excluding hydrogens is 565 g/mol. The van der Waals surface area contributed by atoms with E-state index in [4.69, 9.17) is 29.8 Å². The van der Waals surface area contributed by atoms with Crippen LogP contribution in [0.25, 0.3) is 16.0 Å². The molecule has 0 saturated carbocycles. The highest BCUT2D eigenvalue weighted by Gasteiger charge is 2.45. The molecule has 1 unspecified atom stereocenters. The van der Waals surface area contributed by atoms with Crippen molar-refractivity contribution in [1.29, 1.82) is 0 Å². The highest BCUT2D eigenvalue weighted by molar-refractivity contribution is 7.44. The topological polar surface area (TPSA) is 146 Å². The Hall–Kier alpha value is -2.50. The van der Waals surface area contributed by atoms with Crippen molar-refractivity contribution in [1.82, 2.24) is 24.2 Å². The second kappa shape index (κ2) is 15.8. The normalized spacial score (nSPS) is 21.6. The van der Waals surface area contributed by atoms with Crippen LogP contribution in [0.15, 0.2) is 11.1 Å². The molecule has 42 heavy (non-hydrogen) atoms. The number of aromatic amines is 1. The lowest BCUT2D eigenvalue weighted by Gasteiger charge is -2.36. The fraction of sp³-hybridized carbons (Fsp3) is 0.741. The molecular formula is C27H44N7O7P. The summed E-state index contributed by atoms with van der Waals surface area (Å²) < 4.78 is 34.2. The maximum atomic E-state index is 12.8. The summed E-state index contributed by atoms with van der Waals surface area (Å²) in [5, 5.41) is 2.64. The van der Waals surface area contributed by atoms with Crippen molar-refractivity contribution in [3.8, 4) is 0 Å². The van der Waals surface area contributed by atoms with Gasteiger partial charge in [-0.3, -0.25) is 24.5 Å².